The standard InChI is InChI=1S/C24H23Cl2N5O5/c1-12-2-3-15(9-17(12)26)29-24(36)27-11-13-6-14(25)8-16(7-13)28-18-10-21(33)31(23(18)35)19-4-5-20(32)30-22(19)34/h2-3,6-10,19,22,28,34H,4-5,11H2,1H3,(H,30,32)(H2,27,29,36). The minimum atomic E-state index is -1.34. The Morgan fingerprint density at radius 2 is 1.92 bits per heavy atom. The fraction of sp³-hybridized carbons (Fsp3) is 0.250. The molecule has 5 N–H and O–H groups in total. The number of amides is 5. The zero-order valence-electron chi connectivity index (χ0n) is 19.1. The van der Waals surface area contributed by atoms with Gasteiger partial charge in [-0.15, -0.1) is 0 Å². The van der Waals surface area contributed by atoms with Crippen molar-refractivity contribution in [2.75, 3.05) is 10.6 Å². The molecule has 2 aromatic carbocycles. The Morgan fingerprint density at radius 3 is 2.64 bits per heavy atom. The molecule has 2 heterocycles. The molecule has 36 heavy (non-hydrogen) atoms. The van der Waals surface area contributed by atoms with Crippen LogP contribution >= 0.6 is 23.2 Å². The number of carbonyl (C=O) groups is 4. The van der Waals surface area contributed by atoms with E-state index in [9.17, 15) is 24.3 Å². The normalized spacial score (nSPS) is 19.6. The number of nitrogens with zero attached hydrogens (tertiary/aromatic N) is 1. The van der Waals surface area contributed by atoms with Gasteiger partial charge in [-0.3, -0.25) is 19.3 Å². The quantitative estimate of drug-likeness (QED) is 0.363. The van der Waals surface area contributed by atoms with E-state index in [0.717, 1.165) is 16.5 Å². The van der Waals surface area contributed by atoms with Gasteiger partial charge in [0.2, 0.25) is 5.91 Å². The fourth-order valence-corrected chi connectivity index (χ4v) is 4.38. The first-order valence-corrected chi connectivity index (χ1v) is 11.8. The number of piperidine rings is 1. The van der Waals surface area contributed by atoms with E-state index in [2.05, 4.69) is 21.3 Å². The van der Waals surface area contributed by atoms with Gasteiger partial charge >= 0.3 is 6.03 Å². The first-order valence-electron chi connectivity index (χ1n) is 11.0. The van der Waals surface area contributed by atoms with Gasteiger partial charge in [-0.25, -0.2) is 4.79 Å². The van der Waals surface area contributed by atoms with Crippen molar-refractivity contribution < 1.29 is 24.3 Å². The van der Waals surface area contributed by atoms with Crippen LogP contribution in [0.2, 0.25) is 10.0 Å². The number of halogens is 2. The summed E-state index contributed by atoms with van der Waals surface area (Å²) in [4.78, 5) is 50.0. The minimum Gasteiger partial charge on any atom is -0.372 e. The number of aliphatic hydroxyl groups is 1. The number of carbonyl (C=O) groups excluding carboxylic acids is 4. The van der Waals surface area contributed by atoms with Gasteiger partial charge < -0.3 is 26.4 Å². The summed E-state index contributed by atoms with van der Waals surface area (Å²) >= 11 is 12.3. The lowest BCUT2D eigenvalue weighted by Gasteiger charge is -2.34. The molecule has 1 saturated heterocycles. The number of urea groups is 1. The first kappa shape index (κ1) is 25.5. The number of aliphatic hydroxyl groups excluding tert-OH is 1. The Kier molecular flexibility index (Phi) is 7.48. The third-order valence-electron chi connectivity index (χ3n) is 5.75. The van der Waals surface area contributed by atoms with Crippen LogP contribution in [0.5, 0.6) is 0 Å². The Balaban J connectivity index is 1.39. The zero-order valence-corrected chi connectivity index (χ0v) is 20.6. The zero-order chi connectivity index (χ0) is 26.0. The first-order chi connectivity index (χ1) is 17.1. The van der Waals surface area contributed by atoms with Crippen molar-refractivity contribution in [3.8, 4) is 0 Å². The number of nitrogens with one attached hydrogen (secondary N) is 4. The van der Waals surface area contributed by atoms with Crippen molar-refractivity contribution in [3.05, 3.63) is 69.3 Å². The summed E-state index contributed by atoms with van der Waals surface area (Å²) in [5.74, 6) is -1.57. The van der Waals surface area contributed by atoms with Gasteiger partial charge in [-0.1, -0.05) is 29.3 Å². The Morgan fingerprint density at radius 1 is 1.14 bits per heavy atom. The molecule has 0 bridgehead atoms. The summed E-state index contributed by atoms with van der Waals surface area (Å²) in [5, 5.41) is 21.6. The second-order valence-electron chi connectivity index (χ2n) is 8.43. The predicted octanol–water partition coefficient (Wildman–Crippen LogP) is 2.89. The van der Waals surface area contributed by atoms with Crippen molar-refractivity contribution in [1.82, 2.24) is 15.5 Å². The third kappa shape index (κ3) is 5.78. The molecule has 2 aromatic rings. The topological polar surface area (TPSA) is 140 Å². The highest BCUT2D eigenvalue weighted by atomic mass is 35.5. The van der Waals surface area contributed by atoms with Gasteiger partial charge in [0.15, 0.2) is 0 Å². The molecule has 0 radical (unpaired) electrons. The highest BCUT2D eigenvalue weighted by Crippen LogP contribution is 2.26. The highest BCUT2D eigenvalue weighted by molar-refractivity contribution is 6.31. The molecule has 4 rings (SSSR count). The van der Waals surface area contributed by atoms with Crippen LogP contribution in [0.15, 0.2) is 48.2 Å². The predicted molar refractivity (Wildman–Crippen MR) is 134 cm³/mol. The van der Waals surface area contributed by atoms with Crippen molar-refractivity contribution >= 4 is 58.3 Å². The van der Waals surface area contributed by atoms with E-state index in [-0.39, 0.29) is 31.0 Å². The van der Waals surface area contributed by atoms with E-state index in [1.807, 2.05) is 6.92 Å². The molecule has 1 fully saturated rings. The van der Waals surface area contributed by atoms with Crippen LogP contribution < -0.4 is 21.3 Å². The molecule has 5 amide bonds. The van der Waals surface area contributed by atoms with Crippen LogP contribution in [0.1, 0.15) is 24.0 Å². The Labute approximate surface area is 216 Å². The largest absolute Gasteiger partial charge is 0.372 e. The highest BCUT2D eigenvalue weighted by Gasteiger charge is 2.42. The van der Waals surface area contributed by atoms with E-state index in [1.54, 1.807) is 36.4 Å². The van der Waals surface area contributed by atoms with Crippen LogP contribution in [0, 0.1) is 6.92 Å². The maximum Gasteiger partial charge on any atom is 0.319 e. The van der Waals surface area contributed by atoms with Gasteiger partial charge in [0.1, 0.15) is 11.9 Å². The monoisotopic (exact) mass is 531 g/mol. The molecule has 2 aliphatic rings. The SMILES string of the molecule is Cc1ccc(NC(=O)NCc2cc(Cl)cc(NC3=CC(=O)N(C4CCC(=O)NC4O)C3=O)c2)cc1Cl. The lowest BCUT2D eigenvalue weighted by molar-refractivity contribution is -0.148. The molecule has 10 nitrogen and oxygen atoms in total. The number of anilines is 2. The molecule has 0 spiro atoms. The minimum absolute atomic E-state index is 0.000677. The molecule has 0 saturated carbocycles. The third-order valence-corrected chi connectivity index (χ3v) is 6.37. The summed E-state index contributed by atoms with van der Waals surface area (Å²) < 4.78 is 0. The summed E-state index contributed by atoms with van der Waals surface area (Å²) in [6, 6.07) is 8.76. The van der Waals surface area contributed by atoms with Crippen LogP contribution in [0.3, 0.4) is 0 Å². The Hall–Kier alpha value is -3.60. The van der Waals surface area contributed by atoms with Crippen molar-refractivity contribution in [3.63, 3.8) is 0 Å². The molecule has 0 aromatic heterocycles. The lowest BCUT2D eigenvalue weighted by Crippen LogP contribution is -2.57. The Bertz CT molecular complexity index is 1280. The van der Waals surface area contributed by atoms with Crippen LogP contribution in [0.25, 0.3) is 0 Å². The molecule has 2 unspecified atom stereocenters. The van der Waals surface area contributed by atoms with Crippen LogP contribution in [0.4, 0.5) is 16.2 Å². The van der Waals surface area contributed by atoms with Crippen LogP contribution in [-0.2, 0) is 20.9 Å². The maximum atomic E-state index is 12.9. The number of rotatable bonds is 6. The van der Waals surface area contributed by atoms with E-state index in [1.165, 1.54) is 0 Å². The molecular formula is C24H23Cl2N5O5. The number of hydrogen-bond donors (Lipinski definition) is 5. The van der Waals surface area contributed by atoms with E-state index in [4.69, 9.17) is 23.2 Å². The summed E-state index contributed by atoms with van der Waals surface area (Å²) in [5.41, 5.74) is 2.50. The van der Waals surface area contributed by atoms with E-state index in [0.29, 0.717) is 27.0 Å². The van der Waals surface area contributed by atoms with Gasteiger partial charge in [0.25, 0.3) is 11.8 Å². The van der Waals surface area contributed by atoms with Crippen molar-refractivity contribution in [1.29, 1.82) is 0 Å². The van der Waals surface area contributed by atoms with Gasteiger partial charge in [0.05, 0.1) is 6.04 Å². The van der Waals surface area contributed by atoms with Crippen molar-refractivity contribution in [2.24, 2.45) is 0 Å². The molecule has 188 valence electrons. The average Bonchev–Trinajstić information content (AvgIpc) is 3.07. The van der Waals surface area contributed by atoms with Gasteiger partial charge in [0, 0.05) is 40.5 Å². The summed E-state index contributed by atoms with van der Waals surface area (Å²) in [6.07, 6.45) is 0.0502. The lowest BCUT2D eigenvalue weighted by atomic mass is 10.0. The van der Waals surface area contributed by atoms with Crippen molar-refractivity contribution in [2.45, 2.75) is 38.6 Å². The number of imide groups is 1. The average molecular weight is 532 g/mol. The van der Waals surface area contributed by atoms with Gasteiger partial charge in [-0.05, 0) is 54.8 Å². The molecular weight excluding hydrogens is 509 g/mol. The number of benzene rings is 2. The van der Waals surface area contributed by atoms with Gasteiger partial charge in [-0.2, -0.15) is 0 Å². The second-order valence-corrected chi connectivity index (χ2v) is 9.28. The summed E-state index contributed by atoms with van der Waals surface area (Å²) in [6.45, 7) is 1.99. The molecule has 0 aliphatic carbocycles. The summed E-state index contributed by atoms with van der Waals surface area (Å²) in [7, 11) is 0. The molecule has 12 heteroatoms. The maximum absolute atomic E-state index is 12.9. The smallest absolute Gasteiger partial charge is 0.319 e. The van der Waals surface area contributed by atoms with E-state index < -0.39 is 30.1 Å². The molecule has 2 atom stereocenters. The molecule has 2 aliphatic heterocycles. The fourth-order valence-electron chi connectivity index (χ4n) is 3.94. The number of hydrogen-bond acceptors (Lipinski definition) is 6. The van der Waals surface area contributed by atoms with Crippen LogP contribution in [-0.4, -0.2) is 46.0 Å². The number of aryl methyl sites for hydroxylation is 1. The van der Waals surface area contributed by atoms with E-state index >= 15 is 0 Å². The second kappa shape index (κ2) is 10.6.